The third-order valence-corrected chi connectivity index (χ3v) is 4.24. The van der Waals surface area contributed by atoms with Crippen LogP contribution in [0.25, 0.3) is 0 Å². The van der Waals surface area contributed by atoms with Crippen molar-refractivity contribution in [1.82, 2.24) is 4.90 Å². The van der Waals surface area contributed by atoms with Gasteiger partial charge in [0.25, 0.3) is 0 Å². The normalized spacial score (nSPS) is 19.4. The van der Waals surface area contributed by atoms with Crippen LogP contribution in [0.1, 0.15) is 31.2 Å². The van der Waals surface area contributed by atoms with Gasteiger partial charge in [0.05, 0.1) is 7.11 Å². The minimum atomic E-state index is -0.705. The number of halogens is 1. The van der Waals surface area contributed by atoms with Crippen LogP contribution in [-0.4, -0.2) is 36.2 Å². The second-order valence-electron chi connectivity index (χ2n) is 5.63. The summed E-state index contributed by atoms with van der Waals surface area (Å²) < 4.78 is 5.38. The molecule has 1 fully saturated rings. The Morgan fingerprint density at radius 2 is 2.33 bits per heavy atom. The van der Waals surface area contributed by atoms with Crippen LogP contribution >= 0.6 is 11.6 Å². The average Bonchev–Trinajstić information content (AvgIpc) is 2.46. The minimum Gasteiger partial charge on any atom is -0.496 e. The van der Waals surface area contributed by atoms with Crippen molar-refractivity contribution in [2.24, 2.45) is 5.92 Å². The zero-order valence-electron chi connectivity index (χ0n) is 12.3. The van der Waals surface area contributed by atoms with Crippen molar-refractivity contribution < 1.29 is 14.6 Å². The number of hydrogen-bond acceptors (Lipinski definition) is 3. The highest BCUT2D eigenvalue weighted by atomic mass is 35.5. The molecule has 1 aromatic rings. The molecular weight excluding hydrogens is 290 g/mol. The highest BCUT2D eigenvalue weighted by molar-refractivity contribution is 6.30. The van der Waals surface area contributed by atoms with Gasteiger partial charge in [-0.3, -0.25) is 9.69 Å². The molecule has 1 aliphatic rings. The fourth-order valence-corrected chi connectivity index (χ4v) is 3.16. The molecular formula is C16H22ClNO3. The predicted octanol–water partition coefficient (Wildman–Crippen LogP) is 3.43. The molecule has 1 aromatic carbocycles. The summed E-state index contributed by atoms with van der Waals surface area (Å²) in [6.45, 7) is 2.79. The SMILES string of the molecule is COc1ccc(Cl)cc1CN1CCCC(CCC(=O)O)C1. The summed E-state index contributed by atoms with van der Waals surface area (Å²) >= 11 is 6.07. The maximum atomic E-state index is 10.7. The van der Waals surface area contributed by atoms with Gasteiger partial charge in [0.15, 0.2) is 0 Å². The number of hydrogen-bond donors (Lipinski definition) is 1. The lowest BCUT2D eigenvalue weighted by atomic mass is 9.93. The van der Waals surface area contributed by atoms with Crippen LogP contribution in [0.2, 0.25) is 5.02 Å². The summed E-state index contributed by atoms with van der Waals surface area (Å²) in [4.78, 5) is 13.1. The summed E-state index contributed by atoms with van der Waals surface area (Å²) in [5, 5.41) is 9.51. The molecule has 0 aliphatic carbocycles. The molecule has 1 atom stereocenters. The number of methoxy groups -OCH3 is 1. The van der Waals surface area contributed by atoms with E-state index in [4.69, 9.17) is 21.4 Å². The van der Waals surface area contributed by atoms with Crippen LogP contribution in [0, 0.1) is 5.92 Å². The number of carboxylic acids is 1. The Morgan fingerprint density at radius 3 is 3.05 bits per heavy atom. The zero-order valence-corrected chi connectivity index (χ0v) is 13.1. The Balaban J connectivity index is 1.96. The molecule has 0 saturated carbocycles. The van der Waals surface area contributed by atoms with E-state index in [-0.39, 0.29) is 6.42 Å². The summed E-state index contributed by atoms with van der Waals surface area (Å²) in [6, 6.07) is 5.67. The quantitative estimate of drug-likeness (QED) is 0.874. The number of carbonyl (C=O) groups is 1. The van der Waals surface area contributed by atoms with Crippen LogP contribution in [-0.2, 0) is 11.3 Å². The van der Waals surface area contributed by atoms with Gasteiger partial charge in [-0.1, -0.05) is 11.6 Å². The molecule has 4 nitrogen and oxygen atoms in total. The van der Waals surface area contributed by atoms with Crippen LogP contribution in [0.5, 0.6) is 5.75 Å². The Kier molecular flexibility index (Phi) is 5.88. The second kappa shape index (κ2) is 7.66. The summed E-state index contributed by atoms with van der Waals surface area (Å²) in [5.74, 6) is 0.621. The first-order valence-corrected chi connectivity index (χ1v) is 7.73. The van der Waals surface area contributed by atoms with Gasteiger partial charge in [0.2, 0.25) is 0 Å². The lowest BCUT2D eigenvalue weighted by Crippen LogP contribution is -2.35. The van der Waals surface area contributed by atoms with Crippen LogP contribution < -0.4 is 4.74 Å². The first-order chi connectivity index (χ1) is 10.1. The number of benzene rings is 1. The zero-order chi connectivity index (χ0) is 15.2. The maximum Gasteiger partial charge on any atom is 0.303 e. The molecule has 2 rings (SSSR count). The van der Waals surface area contributed by atoms with E-state index in [1.54, 1.807) is 7.11 Å². The first-order valence-electron chi connectivity index (χ1n) is 7.35. The first kappa shape index (κ1) is 16.1. The van der Waals surface area contributed by atoms with E-state index in [1.807, 2.05) is 18.2 Å². The third kappa shape index (κ3) is 4.90. The molecule has 0 amide bonds. The van der Waals surface area contributed by atoms with Crippen molar-refractivity contribution in [1.29, 1.82) is 0 Å². The van der Waals surface area contributed by atoms with Crippen molar-refractivity contribution in [2.45, 2.75) is 32.2 Å². The molecule has 5 heteroatoms. The predicted molar refractivity (Wildman–Crippen MR) is 82.9 cm³/mol. The molecule has 1 aliphatic heterocycles. The molecule has 1 N–H and O–H groups in total. The molecule has 1 unspecified atom stereocenters. The monoisotopic (exact) mass is 311 g/mol. The third-order valence-electron chi connectivity index (χ3n) is 4.01. The van der Waals surface area contributed by atoms with Crippen molar-refractivity contribution >= 4 is 17.6 Å². The van der Waals surface area contributed by atoms with Gasteiger partial charge in [-0.25, -0.2) is 0 Å². The highest BCUT2D eigenvalue weighted by Crippen LogP contribution is 2.27. The summed E-state index contributed by atoms with van der Waals surface area (Å²) in [7, 11) is 1.67. The maximum absolute atomic E-state index is 10.7. The van der Waals surface area contributed by atoms with Gasteiger partial charge in [0, 0.05) is 30.1 Å². The smallest absolute Gasteiger partial charge is 0.303 e. The van der Waals surface area contributed by atoms with Crippen molar-refractivity contribution in [3.63, 3.8) is 0 Å². The van der Waals surface area contributed by atoms with Gasteiger partial charge in [-0.2, -0.15) is 0 Å². The number of rotatable bonds is 6. The minimum absolute atomic E-state index is 0.263. The molecule has 21 heavy (non-hydrogen) atoms. The van der Waals surface area contributed by atoms with E-state index in [2.05, 4.69) is 4.90 Å². The Labute approximate surface area is 130 Å². The van der Waals surface area contributed by atoms with Crippen LogP contribution in [0.15, 0.2) is 18.2 Å². The fraction of sp³-hybridized carbons (Fsp3) is 0.562. The molecule has 1 heterocycles. The van der Waals surface area contributed by atoms with Gasteiger partial charge >= 0.3 is 5.97 Å². The van der Waals surface area contributed by atoms with E-state index >= 15 is 0 Å². The lowest BCUT2D eigenvalue weighted by molar-refractivity contribution is -0.137. The largest absolute Gasteiger partial charge is 0.496 e. The van der Waals surface area contributed by atoms with Crippen molar-refractivity contribution in [2.75, 3.05) is 20.2 Å². The Morgan fingerprint density at radius 1 is 1.52 bits per heavy atom. The lowest BCUT2D eigenvalue weighted by Gasteiger charge is -2.33. The summed E-state index contributed by atoms with van der Waals surface area (Å²) in [5.41, 5.74) is 1.09. The van der Waals surface area contributed by atoms with Gasteiger partial charge in [0.1, 0.15) is 5.75 Å². The molecule has 116 valence electrons. The highest BCUT2D eigenvalue weighted by Gasteiger charge is 2.21. The standard InChI is InChI=1S/C16H22ClNO3/c1-21-15-6-5-14(17)9-13(15)11-18-8-2-3-12(10-18)4-7-16(19)20/h5-6,9,12H,2-4,7-8,10-11H2,1H3,(H,19,20). The molecule has 0 aromatic heterocycles. The van der Waals surface area contributed by atoms with Gasteiger partial charge in [-0.05, 0) is 49.9 Å². The topological polar surface area (TPSA) is 49.8 Å². The van der Waals surface area contributed by atoms with E-state index in [1.165, 1.54) is 0 Å². The fourth-order valence-electron chi connectivity index (χ4n) is 2.97. The van der Waals surface area contributed by atoms with E-state index < -0.39 is 5.97 Å². The number of carboxylic acid groups (broad SMARTS) is 1. The van der Waals surface area contributed by atoms with Gasteiger partial charge in [-0.15, -0.1) is 0 Å². The summed E-state index contributed by atoms with van der Waals surface area (Å²) in [6.07, 6.45) is 3.27. The molecule has 0 radical (unpaired) electrons. The number of ether oxygens (including phenoxy) is 1. The van der Waals surface area contributed by atoms with Gasteiger partial charge < -0.3 is 9.84 Å². The molecule has 0 spiro atoms. The van der Waals surface area contributed by atoms with Crippen molar-refractivity contribution in [3.8, 4) is 5.75 Å². The molecule has 1 saturated heterocycles. The Hall–Kier alpha value is -1.26. The number of aliphatic carboxylic acids is 1. The average molecular weight is 312 g/mol. The Bertz CT molecular complexity index is 492. The van der Waals surface area contributed by atoms with Crippen LogP contribution in [0.4, 0.5) is 0 Å². The number of nitrogens with zero attached hydrogens (tertiary/aromatic N) is 1. The van der Waals surface area contributed by atoms with E-state index in [0.29, 0.717) is 10.9 Å². The van der Waals surface area contributed by atoms with E-state index in [9.17, 15) is 4.79 Å². The number of likely N-dealkylation sites (tertiary alicyclic amines) is 1. The molecule has 0 bridgehead atoms. The number of piperidine rings is 1. The second-order valence-corrected chi connectivity index (χ2v) is 6.07. The van der Waals surface area contributed by atoms with Crippen molar-refractivity contribution in [3.05, 3.63) is 28.8 Å². The van der Waals surface area contributed by atoms with E-state index in [0.717, 1.165) is 50.2 Å². The van der Waals surface area contributed by atoms with Crippen LogP contribution in [0.3, 0.4) is 0 Å².